The molecule has 0 fully saturated rings. The zero-order valence-corrected chi connectivity index (χ0v) is 18.3. The lowest BCUT2D eigenvalue weighted by Gasteiger charge is -2.29. The van der Waals surface area contributed by atoms with E-state index in [-0.39, 0.29) is 15.4 Å². The van der Waals surface area contributed by atoms with Crippen LogP contribution in [-0.4, -0.2) is 28.4 Å². The Hall–Kier alpha value is -3.29. The van der Waals surface area contributed by atoms with Crippen molar-refractivity contribution >= 4 is 38.6 Å². The first-order valence-electron chi connectivity index (χ1n) is 9.24. The molecule has 3 aromatic carbocycles. The van der Waals surface area contributed by atoms with Crippen LogP contribution in [0.4, 0.5) is 11.4 Å². The van der Waals surface area contributed by atoms with Gasteiger partial charge in [-0.25, -0.2) is 8.42 Å². The predicted molar refractivity (Wildman–Crippen MR) is 119 cm³/mol. The summed E-state index contributed by atoms with van der Waals surface area (Å²) in [6.45, 7) is 0. The first-order valence-corrected chi connectivity index (χ1v) is 11.1. The summed E-state index contributed by atoms with van der Waals surface area (Å²) in [6, 6.07) is 17.8. The molecular formula is C23H18ClNO5S. The average Bonchev–Trinajstić information content (AvgIpc) is 2.79. The van der Waals surface area contributed by atoms with Gasteiger partial charge in [0.25, 0.3) is 0 Å². The summed E-state index contributed by atoms with van der Waals surface area (Å²) in [7, 11) is -0.983. The summed E-state index contributed by atoms with van der Waals surface area (Å²) in [5.74, 6) is 0.396. The van der Waals surface area contributed by atoms with E-state index in [0.717, 1.165) is 0 Å². The Labute approximate surface area is 185 Å². The van der Waals surface area contributed by atoms with Crippen molar-refractivity contribution in [1.29, 1.82) is 0 Å². The van der Waals surface area contributed by atoms with E-state index in [1.165, 1.54) is 38.6 Å². The van der Waals surface area contributed by atoms with Crippen molar-refractivity contribution < 1.29 is 22.7 Å². The average molecular weight is 456 g/mol. The van der Waals surface area contributed by atoms with Gasteiger partial charge in [-0.1, -0.05) is 23.7 Å². The van der Waals surface area contributed by atoms with E-state index in [0.29, 0.717) is 27.9 Å². The third kappa shape index (κ3) is 3.66. The van der Waals surface area contributed by atoms with Gasteiger partial charge < -0.3 is 14.4 Å². The second kappa shape index (κ2) is 8.09. The van der Waals surface area contributed by atoms with Gasteiger partial charge in [0, 0.05) is 28.5 Å². The maximum Gasteiger partial charge on any atom is 0.214 e. The molecule has 0 amide bonds. The number of ketones is 1. The van der Waals surface area contributed by atoms with Crippen LogP contribution in [0.3, 0.4) is 0 Å². The van der Waals surface area contributed by atoms with Gasteiger partial charge in [0.05, 0.1) is 24.8 Å². The molecule has 0 radical (unpaired) electrons. The predicted octanol–water partition coefficient (Wildman–Crippen LogP) is 5.01. The number of carbonyl (C=O) groups is 1. The lowest BCUT2D eigenvalue weighted by Crippen LogP contribution is -2.25. The molecule has 0 bridgehead atoms. The van der Waals surface area contributed by atoms with Crippen molar-refractivity contribution in [3.63, 3.8) is 0 Å². The molecule has 1 aliphatic heterocycles. The monoisotopic (exact) mass is 455 g/mol. The Morgan fingerprint density at radius 2 is 1.58 bits per heavy atom. The van der Waals surface area contributed by atoms with Crippen molar-refractivity contribution in [2.45, 2.75) is 4.90 Å². The maximum absolute atomic E-state index is 13.3. The maximum atomic E-state index is 13.3. The van der Waals surface area contributed by atoms with Crippen LogP contribution >= 0.6 is 11.6 Å². The van der Waals surface area contributed by atoms with E-state index >= 15 is 0 Å². The van der Waals surface area contributed by atoms with Crippen molar-refractivity contribution in [2.24, 2.45) is 0 Å². The number of anilines is 2. The van der Waals surface area contributed by atoms with E-state index in [1.807, 2.05) is 0 Å². The van der Waals surface area contributed by atoms with Crippen LogP contribution in [0.5, 0.6) is 11.5 Å². The molecule has 0 spiro atoms. The number of fused-ring (bicyclic) bond motifs is 1. The summed E-state index contributed by atoms with van der Waals surface area (Å²) in [4.78, 5) is 14.5. The van der Waals surface area contributed by atoms with E-state index in [9.17, 15) is 13.2 Å². The number of sulfone groups is 1. The van der Waals surface area contributed by atoms with E-state index < -0.39 is 15.6 Å². The number of Topliss-reactive ketones (excluding diaryl/α,β-unsaturated/α-hetero) is 1. The minimum Gasteiger partial charge on any atom is -0.493 e. The van der Waals surface area contributed by atoms with Crippen LogP contribution in [0.15, 0.2) is 82.7 Å². The summed E-state index contributed by atoms with van der Waals surface area (Å²) in [5.41, 5.74) is 1.27. The fourth-order valence-corrected chi connectivity index (χ4v) is 5.04. The molecule has 8 heteroatoms. The van der Waals surface area contributed by atoms with E-state index in [1.54, 1.807) is 53.4 Å². The first-order chi connectivity index (χ1) is 14.9. The Kier molecular flexibility index (Phi) is 5.47. The minimum atomic E-state index is -4.03. The molecule has 0 aromatic heterocycles. The highest BCUT2D eigenvalue weighted by molar-refractivity contribution is 7.96. The molecule has 0 atom stereocenters. The number of halogens is 1. The number of para-hydroxylation sites is 1. The van der Waals surface area contributed by atoms with Crippen LogP contribution in [0, 0.1) is 0 Å². The second-order valence-corrected chi connectivity index (χ2v) is 9.03. The van der Waals surface area contributed by atoms with Crippen LogP contribution in [0.2, 0.25) is 5.02 Å². The summed E-state index contributed by atoms with van der Waals surface area (Å²) in [6.07, 6.45) is 1.34. The van der Waals surface area contributed by atoms with Crippen molar-refractivity contribution in [3.05, 3.63) is 88.4 Å². The molecule has 0 N–H and O–H groups in total. The Morgan fingerprint density at radius 3 is 2.26 bits per heavy atom. The molecule has 4 rings (SSSR count). The minimum absolute atomic E-state index is 0.0459. The lowest BCUT2D eigenvalue weighted by atomic mass is 10.1. The summed E-state index contributed by atoms with van der Waals surface area (Å²) < 4.78 is 37.3. The highest BCUT2D eigenvalue weighted by atomic mass is 35.5. The molecule has 0 aliphatic carbocycles. The normalized spacial score (nSPS) is 14.4. The van der Waals surface area contributed by atoms with Gasteiger partial charge in [0.1, 0.15) is 4.91 Å². The Bertz CT molecular complexity index is 1300. The topological polar surface area (TPSA) is 72.9 Å². The smallest absolute Gasteiger partial charge is 0.214 e. The molecule has 3 aromatic rings. The molecule has 0 saturated heterocycles. The number of benzene rings is 3. The fourth-order valence-electron chi connectivity index (χ4n) is 3.37. The van der Waals surface area contributed by atoms with Gasteiger partial charge in [0.15, 0.2) is 11.5 Å². The fraction of sp³-hybridized carbons (Fsp3) is 0.0870. The number of methoxy groups -OCH3 is 2. The van der Waals surface area contributed by atoms with Crippen molar-refractivity contribution in [1.82, 2.24) is 0 Å². The quantitative estimate of drug-likeness (QED) is 0.504. The number of hydrogen-bond donors (Lipinski definition) is 0. The first kappa shape index (κ1) is 21.0. The number of ether oxygens (including phenoxy) is 2. The molecule has 158 valence electrons. The number of hydrogen-bond acceptors (Lipinski definition) is 6. The van der Waals surface area contributed by atoms with Gasteiger partial charge in [-0.05, 0) is 48.5 Å². The highest BCUT2D eigenvalue weighted by Crippen LogP contribution is 2.42. The van der Waals surface area contributed by atoms with E-state index in [4.69, 9.17) is 21.1 Å². The molecule has 0 saturated carbocycles. The standard InChI is InChI=1S/C23H18ClNO5S/c1-29-19-12-11-17(13-20(19)30-2)25-14-22(23(26)15-7-9-16(24)10-8-15)31(27,28)21-6-4-3-5-18(21)25/h3-14H,1-2H3. The second-order valence-electron chi connectivity index (χ2n) is 6.71. The number of allylic oxidation sites excluding steroid dienone is 1. The van der Waals surface area contributed by atoms with Gasteiger partial charge in [-0.2, -0.15) is 0 Å². The van der Waals surface area contributed by atoms with Gasteiger partial charge in [0.2, 0.25) is 15.6 Å². The summed E-state index contributed by atoms with van der Waals surface area (Å²) in [5, 5.41) is 0.453. The van der Waals surface area contributed by atoms with Gasteiger partial charge >= 0.3 is 0 Å². The summed E-state index contributed by atoms with van der Waals surface area (Å²) >= 11 is 5.91. The third-order valence-electron chi connectivity index (χ3n) is 4.93. The number of rotatable bonds is 5. The van der Waals surface area contributed by atoms with Crippen LogP contribution in [0.25, 0.3) is 0 Å². The third-order valence-corrected chi connectivity index (χ3v) is 6.97. The molecular weight excluding hydrogens is 438 g/mol. The Balaban J connectivity index is 1.91. The van der Waals surface area contributed by atoms with Crippen LogP contribution in [-0.2, 0) is 9.84 Å². The van der Waals surface area contributed by atoms with Crippen molar-refractivity contribution in [2.75, 3.05) is 19.1 Å². The SMILES string of the molecule is COc1ccc(N2C=C(C(=O)c3ccc(Cl)cc3)S(=O)(=O)c3ccccc32)cc1OC. The largest absolute Gasteiger partial charge is 0.493 e. The van der Waals surface area contributed by atoms with Crippen LogP contribution in [0.1, 0.15) is 10.4 Å². The highest BCUT2D eigenvalue weighted by Gasteiger charge is 2.36. The van der Waals surface area contributed by atoms with Crippen molar-refractivity contribution in [3.8, 4) is 11.5 Å². The van der Waals surface area contributed by atoms with Crippen LogP contribution < -0.4 is 14.4 Å². The van der Waals surface area contributed by atoms with E-state index in [2.05, 4.69) is 0 Å². The zero-order chi connectivity index (χ0) is 22.2. The number of carbonyl (C=O) groups excluding carboxylic acids is 1. The molecule has 6 nitrogen and oxygen atoms in total. The molecule has 31 heavy (non-hydrogen) atoms. The lowest BCUT2D eigenvalue weighted by molar-refractivity contribution is 0.104. The van der Waals surface area contributed by atoms with Gasteiger partial charge in [-0.3, -0.25) is 4.79 Å². The molecule has 0 unspecified atom stereocenters. The molecule has 1 heterocycles. The molecule has 1 aliphatic rings. The number of nitrogens with zero attached hydrogens (tertiary/aromatic N) is 1. The van der Waals surface area contributed by atoms with Gasteiger partial charge in [-0.15, -0.1) is 0 Å². The zero-order valence-electron chi connectivity index (χ0n) is 16.7. The Morgan fingerprint density at radius 1 is 0.903 bits per heavy atom.